The van der Waals surface area contributed by atoms with Gasteiger partial charge in [0.05, 0.1) is 57.0 Å². The molecule has 0 aliphatic rings. The SMILES string of the molecule is [C-]#[N+]c1c(-n2c3ccccc3c3ccccc32)cc(C#N)cc1-n1c2ccc(N(/C(C)=C/C=C\C)c3ccccc3)cc2c2c3oc4ccccc4c3ccc21. The Morgan fingerprint density at radius 2 is 1.27 bits per heavy atom. The van der Waals surface area contributed by atoms with Gasteiger partial charge in [-0.15, -0.1) is 0 Å². The molecule has 3 heterocycles. The summed E-state index contributed by atoms with van der Waals surface area (Å²) in [6.07, 6.45) is 6.19. The van der Waals surface area contributed by atoms with E-state index in [-0.39, 0.29) is 0 Å². The number of benzene rings is 7. The summed E-state index contributed by atoms with van der Waals surface area (Å²) in [4.78, 5) is 6.53. The minimum atomic E-state index is 0.444. The maximum absolute atomic E-state index is 10.6. The monoisotopic (exact) mass is 719 g/mol. The molecule has 7 aromatic carbocycles. The Morgan fingerprint density at radius 1 is 0.661 bits per heavy atom. The number of fused-ring (bicyclic) bond motifs is 10. The first-order valence-electron chi connectivity index (χ1n) is 18.6. The van der Waals surface area contributed by atoms with Crippen LogP contribution < -0.4 is 4.90 Å². The van der Waals surface area contributed by atoms with Gasteiger partial charge in [-0.1, -0.05) is 84.9 Å². The summed E-state index contributed by atoms with van der Waals surface area (Å²) in [5, 5.41) is 16.7. The molecule has 264 valence electrons. The minimum absolute atomic E-state index is 0.444. The minimum Gasteiger partial charge on any atom is -0.455 e. The molecular weight excluding hydrogens is 687 g/mol. The smallest absolute Gasteiger partial charge is 0.234 e. The van der Waals surface area contributed by atoms with Crippen LogP contribution in [-0.4, -0.2) is 9.13 Å². The molecule has 0 spiro atoms. The van der Waals surface area contributed by atoms with Gasteiger partial charge in [0.25, 0.3) is 0 Å². The van der Waals surface area contributed by atoms with Crippen LogP contribution in [0.1, 0.15) is 19.4 Å². The predicted octanol–water partition coefficient (Wildman–Crippen LogP) is 13.8. The number of para-hydroxylation sites is 4. The highest BCUT2D eigenvalue weighted by molar-refractivity contribution is 6.24. The van der Waals surface area contributed by atoms with Gasteiger partial charge in [-0.2, -0.15) is 5.26 Å². The van der Waals surface area contributed by atoms with Crippen molar-refractivity contribution in [3.63, 3.8) is 0 Å². The third-order valence-corrected chi connectivity index (χ3v) is 10.8. The highest BCUT2D eigenvalue weighted by Crippen LogP contribution is 2.46. The summed E-state index contributed by atoms with van der Waals surface area (Å²) in [5.74, 6) is 0. The van der Waals surface area contributed by atoms with E-state index in [9.17, 15) is 5.26 Å². The Labute approximate surface area is 323 Å². The van der Waals surface area contributed by atoms with Gasteiger partial charge in [0, 0.05) is 44.0 Å². The molecule has 0 saturated heterocycles. The molecule has 3 aromatic heterocycles. The maximum Gasteiger partial charge on any atom is 0.234 e. The highest BCUT2D eigenvalue weighted by Gasteiger charge is 2.25. The molecule has 0 aliphatic heterocycles. The van der Waals surface area contributed by atoms with E-state index in [0.29, 0.717) is 22.6 Å². The van der Waals surface area contributed by atoms with Crippen LogP contribution in [0.2, 0.25) is 0 Å². The summed E-state index contributed by atoms with van der Waals surface area (Å²) in [6.45, 7) is 12.9. The van der Waals surface area contributed by atoms with E-state index in [2.05, 4.69) is 129 Å². The molecule has 0 amide bonds. The number of furan rings is 1. The number of nitriles is 1. The zero-order valence-corrected chi connectivity index (χ0v) is 30.7. The summed E-state index contributed by atoms with van der Waals surface area (Å²) >= 11 is 0. The zero-order chi connectivity index (χ0) is 37.9. The lowest BCUT2D eigenvalue weighted by Crippen LogP contribution is -2.14. The van der Waals surface area contributed by atoms with Crippen LogP contribution in [-0.2, 0) is 0 Å². The normalized spacial score (nSPS) is 12.1. The van der Waals surface area contributed by atoms with E-state index >= 15 is 0 Å². The highest BCUT2D eigenvalue weighted by atomic mass is 16.3. The van der Waals surface area contributed by atoms with E-state index in [0.717, 1.165) is 82.6 Å². The number of aromatic nitrogens is 2. The van der Waals surface area contributed by atoms with Crippen molar-refractivity contribution < 1.29 is 4.42 Å². The number of rotatable bonds is 6. The Kier molecular flexibility index (Phi) is 7.59. The summed E-state index contributed by atoms with van der Waals surface area (Å²) < 4.78 is 11.0. The molecule has 0 atom stereocenters. The lowest BCUT2D eigenvalue weighted by atomic mass is 10.1. The molecular formula is C50H33N5O. The molecule has 6 heteroatoms. The van der Waals surface area contributed by atoms with Gasteiger partial charge in [0.1, 0.15) is 11.2 Å². The van der Waals surface area contributed by atoms with Crippen molar-refractivity contribution in [1.82, 2.24) is 9.13 Å². The Morgan fingerprint density at radius 3 is 1.95 bits per heavy atom. The van der Waals surface area contributed by atoms with Crippen molar-refractivity contribution in [2.75, 3.05) is 4.90 Å². The van der Waals surface area contributed by atoms with Gasteiger partial charge in [-0.3, -0.25) is 0 Å². The number of hydrogen-bond donors (Lipinski definition) is 0. The maximum atomic E-state index is 10.6. The lowest BCUT2D eigenvalue weighted by Gasteiger charge is -2.26. The van der Waals surface area contributed by atoms with Crippen molar-refractivity contribution in [3.8, 4) is 17.4 Å². The van der Waals surface area contributed by atoms with Gasteiger partial charge in [0.2, 0.25) is 5.69 Å². The van der Waals surface area contributed by atoms with Crippen molar-refractivity contribution >= 4 is 82.6 Å². The first kappa shape index (κ1) is 32.8. The van der Waals surface area contributed by atoms with E-state index in [1.165, 1.54) is 0 Å². The lowest BCUT2D eigenvalue weighted by molar-refractivity contribution is 0.673. The van der Waals surface area contributed by atoms with Gasteiger partial charge < -0.3 is 18.5 Å². The van der Waals surface area contributed by atoms with Crippen LogP contribution in [0.15, 0.2) is 174 Å². The van der Waals surface area contributed by atoms with E-state index in [4.69, 9.17) is 11.0 Å². The number of allylic oxidation sites excluding steroid dienone is 4. The van der Waals surface area contributed by atoms with Crippen LogP contribution in [0.4, 0.5) is 17.1 Å². The van der Waals surface area contributed by atoms with Crippen molar-refractivity contribution in [2.45, 2.75) is 13.8 Å². The van der Waals surface area contributed by atoms with Gasteiger partial charge in [-0.05, 0) is 92.7 Å². The van der Waals surface area contributed by atoms with Crippen LogP contribution in [0.5, 0.6) is 0 Å². The van der Waals surface area contributed by atoms with E-state index in [1.807, 2.05) is 73.7 Å². The average molecular weight is 720 g/mol. The fourth-order valence-electron chi connectivity index (χ4n) is 8.42. The zero-order valence-electron chi connectivity index (χ0n) is 30.7. The van der Waals surface area contributed by atoms with Gasteiger partial charge in [0.15, 0.2) is 0 Å². The van der Waals surface area contributed by atoms with Crippen molar-refractivity contribution in [1.29, 1.82) is 5.26 Å². The summed E-state index contributed by atoms with van der Waals surface area (Å²) in [6, 6.07) is 51.8. The topological polar surface area (TPSA) is 54.4 Å². The van der Waals surface area contributed by atoms with Gasteiger partial charge >= 0.3 is 0 Å². The molecule has 0 N–H and O–H groups in total. The van der Waals surface area contributed by atoms with Crippen LogP contribution >= 0.6 is 0 Å². The number of nitrogens with zero attached hydrogens (tertiary/aromatic N) is 5. The molecule has 10 rings (SSSR count). The first-order valence-corrected chi connectivity index (χ1v) is 18.6. The average Bonchev–Trinajstić information content (AvgIpc) is 3.90. The Bertz CT molecular complexity index is 3310. The third kappa shape index (κ3) is 4.87. The predicted molar refractivity (Wildman–Crippen MR) is 231 cm³/mol. The Hall–Kier alpha value is -7.80. The second-order valence-electron chi connectivity index (χ2n) is 13.9. The van der Waals surface area contributed by atoms with Crippen LogP contribution in [0.25, 0.3) is 81.8 Å². The van der Waals surface area contributed by atoms with E-state index in [1.54, 1.807) is 0 Å². The molecule has 56 heavy (non-hydrogen) atoms. The fourth-order valence-corrected chi connectivity index (χ4v) is 8.42. The first-order chi connectivity index (χ1) is 27.6. The number of hydrogen-bond acceptors (Lipinski definition) is 3. The Balaban J connectivity index is 1.33. The quantitative estimate of drug-likeness (QED) is 0.127. The second kappa shape index (κ2) is 13.0. The molecule has 0 radical (unpaired) electrons. The molecule has 0 aliphatic carbocycles. The van der Waals surface area contributed by atoms with Gasteiger partial charge in [-0.25, -0.2) is 4.85 Å². The summed E-state index contributed by atoms with van der Waals surface area (Å²) in [5.41, 5.74) is 10.6. The largest absolute Gasteiger partial charge is 0.455 e. The van der Waals surface area contributed by atoms with Crippen molar-refractivity contribution in [3.05, 3.63) is 186 Å². The van der Waals surface area contributed by atoms with E-state index < -0.39 is 0 Å². The van der Waals surface area contributed by atoms with Crippen LogP contribution in [0.3, 0.4) is 0 Å². The molecule has 0 unspecified atom stereocenters. The van der Waals surface area contributed by atoms with Crippen molar-refractivity contribution in [2.24, 2.45) is 0 Å². The second-order valence-corrected chi connectivity index (χ2v) is 13.9. The molecule has 0 bridgehead atoms. The van der Waals surface area contributed by atoms with Crippen LogP contribution in [0, 0.1) is 17.9 Å². The number of anilines is 2. The molecule has 6 nitrogen and oxygen atoms in total. The summed E-state index contributed by atoms with van der Waals surface area (Å²) in [7, 11) is 0. The standard InChI is InChI=1S/C50H33N5O/c1-4-5-15-32(2)53(34-16-7-6-8-17-34)35-24-26-43-40(30-35)48-44(27-25-39-38-20-11-14-23-47(38)56-50(39)48)55(43)46-29-33(31-51)28-45(49(46)52-3)54-41-21-12-9-18-36(41)37-19-10-13-22-42(37)54/h4-30H,1-2H3/b5-4-,32-15+. The molecule has 0 saturated carbocycles. The molecule has 0 fully saturated rings. The fraction of sp³-hybridized carbons (Fsp3) is 0.0400. The molecule has 10 aromatic rings. The third-order valence-electron chi connectivity index (χ3n) is 10.8.